The predicted molar refractivity (Wildman–Crippen MR) is 163 cm³/mol. The van der Waals surface area contributed by atoms with Crippen LogP contribution in [0.4, 0.5) is 10.5 Å². The average molecular weight is 666 g/mol. The number of hydrogen-bond donors (Lipinski definition) is 0. The van der Waals surface area contributed by atoms with Gasteiger partial charge in [-0.05, 0) is 86.9 Å². The maximum absolute atomic E-state index is 13.3. The molecule has 0 unspecified atom stereocenters. The maximum Gasteiger partial charge on any atom is 0.293 e. The van der Waals surface area contributed by atoms with Crippen LogP contribution in [0, 0.1) is 13.7 Å². The molecular weight excluding hydrogens is 643 g/mol. The smallest absolute Gasteiger partial charge is 0.293 e. The summed E-state index contributed by atoms with van der Waals surface area (Å²) in [5.41, 5.74) is 2.23. The number of imide groups is 1. The Morgan fingerprint density at radius 3 is 2.58 bits per heavy atom. The fourth-order valence-corrected chi connectivity index (χ4v) is 6.00. The van der Waals surface area contributed by atoms with Crippen LogP contribution in [0.3, 0.4) is 0 Å². The van der Waals surface area contributed by atoms with Gasteiger partial charge in [0, 0.05) is 12.1 Å². The number of nitro groups is 1. The number of rotatable bonds is 9. The van der Waals surface area contributed by atoms with Gasteiger partial charge in [-0.25, -0.2) is 0 Å². The standard InChI is InChI=1S/C30H23IN2O6S/c1-2-38-26-15-20(14-25(31)28(26)39-18-19-7-5-11-23(13-19)33(36)37)16-27-29(34)32(30(35)40-27)17-22-10-6-9-21-8-3-4-12-24(21)22/h3-16H,2,17-18H2,1H3/b27-16+. The lowest BCUT2D eigenvalue weighted by atomic mass is 10.0. The molecule has 0 radical (unpaired) electrons. The molecule has 10 heteroatoms. The van der Waals surface area contributed by atoms with Gasteiger partial charge in [-0.2, -0.15) is 0 Å². The van der Waals surface area contributed by atoms with E-state index in [9.17, 15) is 19.7 Å². The minimum Gasteiger partial charge on any atom is -0.490 e. The monoisotopic (exact) mass is 666 g/mol. The van der Waals surface area contributed by atoms with Gasteiger partial charge in [0.05, 0.1) is 26.6 Å². The van der Waals surface area contributed by atoms with Crippen LogP contribution in [-0.4, -0.2) is 27.6 Å². The van der Waals surface area contributed by atoms with Gasteiger partial charge in [0.2, 0.25) is 0 Å². The number of fused-ring (bicyclic) bond motifs is 1. The Morgan fingerprint density at radius 2 is 1.77 bits per heavy atom. The van der Waals surface area contributed by atoms with Crippen LogP contribution in [0.2, 0.25) is 0 Å². The van der Waals surface area contributed by atoms with E-state index in [4.69, 9.17) is 9.47 Å². The van der Waals surface area contributed by atoms with Crippen LogP contribution in [0.15, 0.2) is 83.8 Å². The van der Waals surface area contributed by atoms with E-state index in [0.29, 0.717) is 34.1 Å². The van der Waals surface area contributed by atoms with E-state index in [1.54, 1.807) is 24.3 Å². The Hall–Kier alpha value is -3.90. The molecule has 0 N–H and O–H groups in total. The second-order valence-electron chi connectivity index (χ2n) is 8.88. The number of thioether (sulfide) groups is 1. The van der Waals surface area contributed by atoms with Gasteiger partial charge in [0.15, 0.2) is 11.5 Å². The normalized spacial score (nSPS) is 14.2. The molecule has 0 spiro atoms. The quantitative estimate of drug-likeness (QED) is 0.0787. The zero-order valence-electron chi connectivity index (χ0n) is 21.3. The zero-order valence-corrected chi connectivity index (χ0v) is 24.3. The highest BCUT2D eigenvalue weighted by Crippen LogP contribution is 2.38. The number of non-ortho nitro benzene ring substituents is 1. The Balaban J connectivity index is 1.37. The van der Waals surface area contributed by atoms with Crippen LogP contribution in [-0.2, 0) is 17.9 Å². The van der Waals surface area contributed by atoms with Gasteiger partial charge >= 0.3 is 0 Å². The van der Waals surface area contributed by atoms with Crippen molar-refractivity contribution in [2.24, 2.45) is 0 Å². The largest absolute Gasteiger partial charge is 0.490 e. The van der Waals surface area contributed by atoms with Gasteiger partial charge < -0.3 is 9.47 Å². The maximum atomic E-state index is 13.3. The van der Waals surface area contributed by atoms with Crippen LogP contribution in [0.5, 0.6) is 11.5 Å². The molecule has 4 aromatic rings. The van der Waals surface area contributed by atoms with E-state index >= 15 is 0 Å². The topological polar surface area (TPSA) is 99.0 Å². The van der Waals surface area contributed by atoms with Crippen LogP contribution in [0.1, 0.15) is 23.6 Å². The summed E-state index contributed by atoms with van der Waals surface area (Å²) in [7, 11) is 0. The van der Waals surface area contributed by atoms with Gasteiger partial charge in [0.25, 0.3) is 16.8 Å². The van der Waals surface area contributed by atoms with E-state index in [1.165, 1.54) is 17.0 Å². The molecule has 0 aliphatic carbocycles. The number of amides is 2. The molecule has 4 aromatic carbocycles. The zero-order chi connectivity index (χ0) is 28.2. The first-order valence-corrected chi connectivity index (χ1v) is 14.3. The van der Waals surface area contributed by atoms with Crippen molar-refractivity contribution in [1.82, 2.24) is 4.90 Å². The van der Waals surface area contributed by atoms with E-state index in [1.807, 2.05) is 55.5 Å². The first kappa shape index (κ1) is 27.7. The number of hydrogen-bond acceptors (Lipinski definition) is 7. The average Bonchev–Trinajstić information content (AvgIpc) is 3.20. The second kappa shape index (κ2) is 12.1. The van der Waals surface area contributed by atoms with Crippen molar-refractivity contribution < 1.29 is 24.0 Å². The van der Waals surface area contributed by atoms with Crippen molar-refractivity contribution in [1.29, 1.82) is 0 Å². The fourth-order valence-electron chi connectivity index (χ4n) is 4.38. The van der Waals surface area contributed by atoms with Crippen molar-refractivity contribution in [3.05, 3.63) is 114 Å². The number of carbonyl (C=O) groups is 2. The number of carbonyl (C=O) groups excluding carboxylic acids is 2. The number of halogens is 1. The minimum atomic E-state index is -0.447. The van der Waals surface area contributed by atoms with E-state index in [2.05, 4.69) is 22.6 Å². The van der Waals surface area contributed by atoms with Crippen molar-refractivity contribution in [3.63, 3.8) is 0 Å². The summed E-state index contributed by atoms with van der Waals surface area (Å²) in [5, 5.41) is 12.8. The second-order valence-corrected chi connectivity index (χ2v) is 11.0. The number of benzene rings is 4. The number of nitro benzene ring substituents is 1. The molecule has 1 aliphatic heterocycles. The summed E-state index contributed by atoms with van der Waals surface area (Å²) in [6.07, 6.45) is 1.68. The molecule has 5 rings (SSSR count). The Bertz CT molecular complexity index is 1670. The summed E-state index contributed by atoms with van der Waals surface area (Å²) in [6.45, 7) is 2.54. The molecule has 8 nitrogen and oxygen atoms in total. The summed E-state index contributed by atoms with van der Waals surface area (Å²) in [4.78, 5) is 38.4. The lowest BCUT2D eigenvalue weighted by Gasteiger charge is -2.15. The Labute approximate surface area is 248 Å². The van der Waals surface area contributed by atoms with Crippen molar-refractivity contribution in [2.75, 3.05) is 6.61 Å². The van der Waals surface area contributed by atoms with E-state index < -0.39 is 4.92 Å². The van der Waals surface area contributed by atoms with E-state index in [0.717, 1.165) is 31.7 Å². The molecule has 1 saturated heterocycles. The highest BCUT2D eigenvalue weighted by atomic mass is 127. The van der Waals surface area contributed by atoms with Crippen molar-refractivity contribution >= 4 is 68.0 Å². The summed E-state index contributed by atoms with van der Waals surface area (Å²) >= 11 is 3.03. The summed E-state index contributed by atoms with van der Waals surface area (Å²) < 4.78 is 12.6. The van der Waals surface area contributed by atoms with Crippen molar-refractivity contribution in [3.8, 4) is 11.5 Å². The van der Waals surface area contributed by atoms with Crippen LogP contribution in [0.25, 0.3) is 16.8 Å². The van der Waals surface area contributed by atoms with Gasteiger partial charge in [-0.15, -0.1) is 0 Å². The van der Waals surface area contributed by atoms with Gasteiger partial charge in [-0.1, -0.05) is 54.6 Å². The first-order chi connectivity index (χ1) is 19.3. The van der Waals surface area contributed by atoms with Crippen LogP contribution < -0.4 is 9.47 Å². The lowest BCUT2D eigenvalue weighted by molar-refractivity contribution is -0.384. The molecule has 0 aromatic heterocycles. The SMILES string of the molecule is CCOc1cc(/C=C2/SC(=O)N(Cc3cccc4ccccc34)C2=O)cc(I)c1OCc1cccc([N+](=O)[O-])c1. The molecule has 202 valence electrons. The molecule has 1 aliphatic rings. The lowest BCUT2D eigenvalue weighted by Crippen LogP contribution is -2.27. The highest BCUT2D eigenvalue weighted by Gasteiger charge is 2.35. The van der Waals surface area contributed by atoms with E-state index in [-0.39, 0.29) is 30.0 Å². The number of ether oxygens (including phenoxy) is 2. The third-order valence-electron chi connectivity index (χ3n) is 6.22. The molecule has 1 heterocycles. The summed E-state index contributed by atoms with van der Waals surface area (Å²) in [6, 6.07) is 23.6. The van der Waals surface area contributed by atoms with Crippen molar-refractivity contribution in [2.45, 2.75) is 20.1 Å². The number of nitrogens with zero attached hydrogens (tertiary/aromatic N) is 2. The highest BCUT2D eigenvalue weighted by molar-refractivity contribution is 14.1. The van der Waals surface area contributed by atoms with Crippen LogP contribution >= 0.6 is 34.4 Å². The Morgan fingerprint density at radius 1 is 1.00 bits per heavy atom. The third kappa shape index (κ3) is 5.97. The molecular formula is C30H23IN2O6S. The molecule has 0 saturated carbocycles. The molecule has 2 amide bonds. The van der Waals surface area contributed by atoms with Gasteiger partial charge in [0.1, 0.15) is 6.61 Å². The Kier molecular flexibility index (Phi) is 8.36. The summed E-state index contributed by atoms with van der Waals surface area (Å²) in [5.74, 6) is 0.623. The minimum absolute atomic E-state index is 0.00873. The first-order valence-electron chi connectivity index (χ1n) is 12.4. The third-order valence-corrected chi connectivity index (χ3v) is 7.92. The molecule has 0 bridgehead atoms. The predicted octanol–water partition coefficient (Wildman–Crippen LogP) is 7.57. The molecule has 40 heavy (non-hydrogen) atoms. The molecule has 1 fully saturated rings. The fraction of sp³-hybridized carbons (Fsp3) is 0.133. The molecule has 0 atom stereocenters. The van der Waals surface area contributed by atoms with Gasteiger partial charge in [-0.3, -0.25) is 24.6 Å².